The Morgan fingerprint density at radius 1 is 0.640 bits per heavy atom. The molecule has 0 amide bonds. The molecule has 1 heterocycles. The highest BCUT2D eigenvalue weighted by Crippen LogP contribution is 2.22. The van der Waals surface area contributed by atoms with Crippen molar-refractivity contribution >= 4 is 5.97 Å². The van der Waals surface area contributed by atoms with Gasteiger partial charge in [-0.2, -0.15) is 0 Å². The second-order valence-electron chi connectivity index (χ2n) is 13.7. The predicted octanol–water partition coefficient (Wildman–Crippen LogP) is 8.02. The summed E-state index contributed by atoms with van der Waals surface area (Å²) in [6.45, 7) is 4.43. The highest BCUT2D eigenvalue weighted by atomic mass is 16.7. The fraction of sp³-hybridized carbons (Fsp3) is 0.829. The number of aliphatic hydroxyl groups excluding tert-OH is 4. The number of aliphatic hydroxyl groups is 4. The topological polar surface area (TPSA) is 135 Å². The Labute approximate surface area is 304 Å². The lowest BCUT2D eigenvalue weighted by molar-refractivity contribution is -0.305. The van der Waals surface area contributed by atoms with Crippen LogP contribution in [0, 0.1) is 0 Å². The molecule has 6 atom stereocenters. The lowest BCUT2D eigenvalue weighted by Gasteiger charge is -2.39. The van der Waals surface area contributed by atoms with Gasteiger partial charge in [-0.25, -0.2) is 0 Å². The van der Waals surface area contributed by atoms with E-state index in [2.05, 4.69) is 50.3 Å². The van der Waals surface area contributed by atoms with Crippen molar-refractivity contribution in [3.63, 3.8) is 0 Å². The SMILES string of the molecule is CCC/C=C\C/C=C\CCCCCCCCOCC(COC1OC(CO)C(O)C(O)C1O)OC(=O)CCCCCCC/C=C\CCCCCC. The largest absolute Gasteiger partial charge is 0.457 e. The van der Waals surface area contributed by atoms with E-state index in [4.69, 9.17) is 18.9 Å². The summed E-state index contributed by atoms with van der Waals surface area (Å²) < 4.78 is 22.7. The van der Waals surface area contributed by atoms with Crippen LogP contribution >= 0.6 is 0 Å². The first-order valence-corrected chi connectivity index (χ1v) is 20.1. The summed E-state index contributed by atoms with van der Waals surface area (Å²) in [6, 6.07) is 0. The van der Waals surface area contributed by atoms with Gasteiger partial charge in [0.2, 0.25) is 0 Å². The van der Waals surface area contributed by atoms with Crippen molar-refractivity contribution in [3.05, 3.63) is 36.5 Å². The molecule has 1 rings (SSSR count). The summed E-state index contributed by atoms with van der Waals surface area (Å²) in [4.78, 5) is 12.7. The van der Waals surface area contributed by atoms with Crippen molar-refractivity contribution in [2.45, 2.75) is 192 Å². The maximum atomic E-state index is 12.7. The van der Waals surface area contributed by atoms with E-state index in [0.29, 0.717) is 13.0 Å². The summed E-state index contributed by atoms with van der Waals surface area (Å²) in [7, 11) is 0. The van der Waals surface area contributed by atoms with Gasteiger partial charge in [-0.1, -0.05) is 121 Å². The third-order valence-corrected chi connectivity index (χ3v) is 9.01. The van der Waals surface area contributed by atoms with Gasteiger partial charge in [-0.15, -0.1) is 0 Å². The Bertz CT molecular complexity index is 859. The molecule has 0 aromatic carbocycles. The fourth-order valence-electron chi connectivity index (χ4n) is 5.82. The zero-order valence-corrected chi connectivity index (χ0v) is 31.6. The van der Waals surface area contributed by atoms with Crippen LogP contribution in [0.15, 0.2) is 36.5 Å². The molecule has 6 unspecified atom stereocenters. The van der Waals surface area contributed by atoms with E-state index in [1.165, 1.54) is 64.2 Å². The van der Waals surface area contributed by atoms with Gasteiger partial charge < -0.3 is 39.4 Å². The first kappa shape index (κ1) is 46.4. The minimum absolute atomic E-state index is 0.121. The zero-order chi connectivity index (χ0) is 36.5. The minimum atomic E-state index is -1.54. The molecule has 4 N–H and O–H groups in total. The third-order valence-electron chi connectivity index (χ3n) is 9.01. The summed E-state index contributed by atoms with van der Waals surface area (Å²) in [5.41, 5.74) is 0. The Morgan fingerprint density at radius 3 is 1.82 bits per heavy atom. The number of rotatable bonds is 33. The number of hydrogen-bond donors (Lipinski definition) is 4. The van der Waals surface area contributed by atoms with E-state index >= 15 is 0 Å². The summed E-state index contributed by atoms with van der Waals surface area (Å²) in [5, 5.41) is 40.0. The van der Waals surface area contributed by atoms with E-state index in [0.717, 1.165) is 70.6 Å². The van der Waals surface area contributed by atoms with Crippen LogP contribution < -0.4 is 0 Å². The highest BCUT2D eigenvalue weighted by Gasteiger charge is 2.44. The van der Waals surface area contributed by atoms with Gasteiger partial charge in [0.05, 0.1) is 19.8 Å². The number of carbonyl (C=O) groups is 1. The Morgan fingerprint density at radius 2 is 1.20 bits per heavy atom. The van der Waals surface area contributed by atoms with Crippen molar-refractivity contribution in [1.29, 1.82) is 0 Å². The zero-order valence-electron chi connectivity index (χ0n) is 31.6. The lowest BCUT2D eigenvalue weighted by Crippen LogP contribution is -2.59. The average Bonchev–Trinajstić information content (AvgIpc) is 3.11. The molecule has 1 saturated heterocycles. The van der Waals surface area contributed by atoms with Crippen molar-refractivity contribution in [2.75, 3.05) is 26.4 Å². The second kappa shape index (κ2) is 33.3. The summed E-state index contributed by atoms with van der Waals surface area (Å²) in [6.07, 6.45) is 30.2. The van der Waals surface area contributed by atoms with E-state index in [-0.39, 0.29) is 19.2 Å². The molecule has 292 valence electrons. The number of unbranched alkanes of at least 4 members (excludes halogenated alkanes) is 16. The van der Waals surface area contributed by atoms with E-state index in [1.54, 1.807) is 0 Å². The van der Waals surface area contributed by atoms with Crippen molar-refractivity contribution in [2.24, 2.45) is 0 Å². The van der Waals surface area contributed by atoms with Gasteiger partial charge in [0, 0.05) is 13.0 Å². The molecule has 50 heavy (non-hydrogen) atoms. The van der Waals surface area contributed by atoms with Crippen molar-refractivity contribution in [3.8, 4) is 0 Å². The van der Waals surface area contributed by atoms with Crippen molar-refractivity contribution < 1.29 is 44.2 Å². The molecule has 1 fully saturated rings. The molecule has 1 aliphatic rings. The highest BCUT2D eigenvalue weighted by molar-refractivity contribution is 5.69. The summed E-state index contributed by atoms with van der Waals surface area (Å²) >= 11 is 0. The molecule has 0 aromatic heterocycles. The number of ether oxygens (including phenoxy) is 4. The minimum Gasteiger partial charge on any atom is -0.457 e. The molecule has 0 radical (unpaired) electrons. The predicted molar refractivity (Wildman–Crippen MR) is 201 cm³/mol. The third kappa shape index (κ3) is 24.6. The standard InChI is InChI=1S/C41H74O9/c1-3-5-7-9-11-13-15-17-19-21-23-25-27-29-31-47-33-35(34-48-41-40(46)39(45)38(44)36(32-42)50-41)49-37(43)30-28-26-24-22-20-18-16-14-12-10-8-6-4-2/h7,9,13-16,35-36,38-42,44-46H,3-6,8,10-12,17-34H2,1-2H3/b9-7-,15-13-,16-14-. The van der Waals surface area contributed by atoms with Crippen LogP contribution in [0.1, 0.15) is 155 Å². The number of hydrogen-bond acceptors (Lipinski definition) is 9. The average molecular weight is 711 g/mol. The molecular formula is C41H74O9. The van der Waals surface area contributed by atoms with Gasteiger partial charge in [-0.05, 0) is 64.2 Å². The second-order valence-corrected chi connectivity index (χ2v) is 13.7. The van der Waals surface area contributed by atoms with E-state index < -0.39 is 43.4 Å². The first-order valence-electron chi connectivity index (χ1n) is 20.1. The van der Waals surface area contributed by atoms with Crippen LogP contribution in [0.25, 0.3) is 0 Å². The quantitative estimate of drug-likeness (QED) is 0.0303. The molecule has 9 nitrogen and oxygen atoms in total. The maximum absolute atomic E-state index is 12.7. The van der Waals surface area contributed by atoms with Crippen molar-refractivity contribution in [1.82, 2.24) is 0 Å². The Hall–Kier alpha value is -1.59. The van der Waals surface area contributed by atoms with E-state index in [1.807, 2.05) is 0 Å². The monoisotopic (exact) mass is 711 g/mol. The summed E-state index contributed by atoms with van der Waals surface area (Å²) in [5.74, 6) is -0.329. The van der Waals surface area contributed by atoms with Crippen LogP contribution in [-0.2, 0) is 23.7 Å². The molecule has 9 heteroatoms. The van der Waals surface area contributed by atoms with Gasteiger partial charge in [0.25, 0.3) is 0 Å². The molecule has 0 aliphatic carbocycles. The number of allylic oxidation sites excluding steroid dienone is 6. The van der Waals surface area contributed by atoms with Gasteiger partial charge in [0.1, 0.15) is 30.5 Å². The van der Waals surface area contributed by atoms with Gasteiger partial charge in [0.15, 0.2) is 6.29 Å². The van der Waals surface area contributed by atoms with Crippen LogP contribution in [-0.4, -0.2) is 89.6 Å². The van der Waals surface area contributed by atoms with Gasteiger partial charge >= 0.3 is 5.97 Å². The molecule has 0 saturated carbocycles. The van der Waals surface area contributed by atoms with Gasteiger partial charge in [-0.3, -0.25) is 4.79 Å². The van der Waals surface area contributed by atoms with Crippen LogP contribution in [0.5, 0.6) is 0 Å². The Kier molecular flexibility index (Phi) is 30.9. The van der Waals surface area contributed by atoms with E-state index in [9.17, 15) is 25.2 Å². The molecular weight excluding hydrogens is 636 g/mol. The number of esters is 1. The number of carbonyl (C=O) groups excluding carboxylic acids is 1. The molecule has 0 bridgehead atoms. The first-order chi connectivity index (χ1) is 24.4. The fourth-order valence-corrected chi connectivity index (χ4v) is 5.82. The normalized spacial score (nSPS) is 21.9. The smallest absolute Gasteiger partial charge is 0.306 e. The maximum Gasteiger partial charge on any atom is 0.306 e. The lowest BCUT2D eigenvalue weighted by atomic mass is 9.99. The van der Waals surface area contributed by atoms with Crippen LogP contribution in [0.2, 0.25) is 0 Å². The molecule has 0 spiro atoms. The molecule has 1 aliphatic heterocycles. The molecule has 0 aromatic rings. The van der Waals surface area contributed by atoms with Crippen LogP contribution in [0.4, 0.5) is 0 Å². The van der Waals surface area contributed by atoms with Crippen LogP contribution in [0.3, 0.4) is 0 Å². The Balaban J connectivity index is 2.33.